The minimum Gasteiger partial charge on any atom is -0.388 e. The number of thiophene rings is 1. The third-order valence-corrected chi connectivity index (χ3v) is 9.99. The SMILES string of the molecule is COC1CC(C2Cc3sc4c(c3C3C=CC=CC23)C2=C(CCC=C2)CC4)=NC(C2C=CC=CC2O)=N1. The van der Waals surface area contributed by atoms with Gasteiger partial charge >= 0.3 is 0 Å². The molecular weight excluding hydrogens is 464 g/mol. The molecule has 6 aliphatic rings. The Kier molecular flexibility index (Phi) is 5.68. The topological polar surface area (TPSA) is 54.2 Å². The molecule has 0 bridgehead atoms. The van der Waals surface area contributed by atoms with Gasteiger partial charge in [-0.15, -0.1) is 11.3 Å². The number of aliphatic hydroxyl groups is 1. The fourth-order valence-electron chi connectivity index (χ4n) is 6.95. The standard InChI is InChI=1S/C31H32N2O2S/c1-35-28-17-24(32-31(33-28)22-12-6-7-13-25(22)34)23-16-27-30(21-11-5-4-10-20(21)23)29-19-9-3-2-8-18(19)14-15-26(29)36-27/h3-7,9-13,20-23,25,28,34H,2,8,14-17H2,1H3. The molecule has 5 heteroatoms. The van der Waals surface area contributed by atoms with Crippen molar-refractivity contribution in [1.82, 2.24) is 0 Å². The highest BCUT2D eigenvalue weighted by molar-refractivity contribution is 7.12. The lowest BCUT2D eigenvalue weighted by Gasteiger charge is -2.39. The quantitative estimate of drug-likeness (QED) is 0.549. The van der Waals surface area contributed by atoms with Crippen molar-refractivity contribution >= 4 is 28.5 Å². The number of hydrogen-bond donors (Lipinski definition) is 1. The zero-order chi connectivity index (χ0) is 24.2. The van der Waals surface area contributed by atoms with Crippen molar-refractivity contribution in [3.05, 3.63) is 87.2 Å². The van der Waals surface area contributed by atoms with E-state index in [0.29, 0.717) is 30.0 Å². The lowest BCUT2D eigenvalue weighted by atomic mass is 9.65. The lowest BCUT2D eigenvalue weighted by Crippen LogP contribution is -2.39. The number of amidine groups is 1. The molecule has 0 saturated carbocycles. The van der Waals surface area contributed by atoms with Crippen LogP contribution >= 0.6 is 11.3 Å². The molecule has 2 heterocycles. The molecular formula is C31H32N2O2S. The van der Waals surface area contributed by atoms with Gasteiger partial charge in [0.2, 0.25) is 0 Å². The third kappa shape index (κ3) is 3.63. The fourth-order valence-corrected chi connectivity index (χ4v) is 8.38. The maximum absolute atomic E-state index is 10.6. The maximum atomic E-state index is 10.6. The molecule has 5 aliphatic carbocycles. The molecule has 0 aromatic carbocycles. The first kappa shape index (κ1) is 22.6. The highest BCUT2D eigenvalue weighted by Crippen LogP contribution is 2.53. The van der Waals surface area contributed by atoms with Crippen molar-refractivity contribution in [3.8, 4) is 0 Å². The average Bonchev–Trinajstić information content (AvgIpc) is 3.32. The van der Waals surface area contributed by atoms with Crippen LogP contribution in [-0.2, 0) is 17.6 Å². The Bertz CT molecular complexity index is 1330. The normalized spacial score (nSPS) is 34.1. The molecule has 0 saturated heterocycles. The van der Waals surface area contributed by atoms with E-state index in [1.165, 1.54) is 37.0 Å². The molecule has 6 atom stereocenters. The highest BCUT2D eigenvalue weighted by Gasteiger charge is 2.43. The molecule has 184 valence electrons. The molecule has 0 spiro atoms. The van der Waals surface area contributed by atoms with Crippen molar-refractivity contribution in [2.24, 2.45) is 27.7 Å². The van der Waals surface area contributed by atoms with Crippen molar-refractivity contribution < 1.29 is 9.84 Å². The van der Waals surface area contributed by atoms with Gasteiger partial charge in [-0.25, -0.2) is 9.98 Å². The summed E-state index contributed by atoms with van der Waals surface area (Å²) >= 11 is 2.05. The van der Waals surface area contributed by atoms with Gasteiger partial charge in [-0.05, 0) is 54.7 Å². The first-order chi connectivity index (χ1) is 17.7. The molecule has 0 fully saturated rings. The molecule has 1 aromatic heterocycles. The molecule has 36 heavy (non-hydrogen) atoms. The monoisotopic (exact) mass is 496 g/mol. The predicted molar refractivity (Wildman–Crippen MR) is 148 cm³/mol. The minimum absolute atomic E-state index is 0.225. The Morgan fingerprint density at radius 2 is 1.78 bits per heavy atom. The summed E-state index contributed by atoms with van der Waals surface area (Å²) in [6.07, 6.45) is 27.4. The third-order valence-electron chi connectivity index (χ3n) is 8.70. The zero-order valence-electron chi connectivity index (χ0n) is 20.6. The van der Waals surface area contributed by atoms with E-state index in [0.717, 1.165) is 6.42 Å². The van der Waals surface area contributed by atoms with Crippen LogP contribution in [0.2, 0.25) is 0 Å². The van der Waals surface area contributed by atoms with E-state index < -0.39 is 6.10 Å². The van der Waals surface area contributed by atoms with Crippen LogP contribution in [0.4, 0.5) is 0 Å². The molecule has 0 radical (unpaired) electrons. The minimum atomic E-state index is -0.604. The van der Waals surface area contributed by atoms with Gasteiger partial charge in [0.15, 0.2) is 6.23 Å². The number of fused-ring (bicyclic) bond motifs is 6. The van der Waals surface area contributed by atoms with E-state index in [1.54, 1.807) is 33.6 Å². The van der Waals surface area contributed by atoms with Crippen molar-refractivity contribution in [2.45, 2.75) is 56.8 Å². The van der Waals surface area contributed by atoms with E-state index in [-0.39, 0.29) is 12.1 Å². The Morgan fingerprint density at radius 3 is 2.64 bits per heavy atom. The van der Waals surface area contributed by atoms with Crippen LogP contribution in [0.1, 0.15) is 52.5 Å². The Balaban J connectivity index is 1.30. The van der Waals surface area contributed by atoms with Crippen LogP contribution in [0.25, 0.3) is 5.57 Å². The zero-order valence-corrected chi connectivity index (χ0v) is 21.5. The van der Waals surface area contributed by atoms with Gasteiger partial charge in [-0.2, -0.15) is 0 Å². The molecule has 1 aromatic rings. The second-order valence-electron chi connectivity index (χ2n) is 10.7. The summed E-state index contributed by atoms with van der Waals surface area (Å²) in [4.78, 5) is 13.1. The van der Waals surface area contributed by atoms with Crippen LogP contribution in [0, 0.1) is 17.8 Å². The van der Waals surface area contributed by atoms with Crippen molar-refractivity contribution in [1.29, 1.82) is 0 Å². The number of allylic oxidation sites excluding steroid dienone is 10. The number of aliphatic hydroxyl groups excluding tert-OH is 1. The maximum Gasteiger partial charge on any atom is 0.155 e. The van der Waals surface area contributed by atoms with Gasteiger partial charge in [0.05, 0.1) is 12.0 Å². The van der Waals surface area contributed by atoms with Gasteiger partial charge in [0.1, 0.15) is 5.84 Å². The highest BCUT2D eigenvalue weighted by atomic mass is 32.1. The van der Waals surface area contributed by atoms with E-state index >= 15 is 0 Å². The first-order valence-corrected chi connectivity index (χ1v) is 14.1. The largest absolute Gasteiger partial charge is 0.388 e. The second kappa shape index (κ2) is 9.05. The fraction of sp³-hybridized carbons (Fsp3) is 0.419. The number of rotatable bonds is 3. The summed E-state index contributed by atoms with van der Waals surface area (Å²) in [6, 6.07) is 0. The van der Waals surface area contributed by atoms with Crippen LogP contribution in [0.5, 0.6) is 0 Å². The summed E-state index contributed by atoms with van der Waals surface area (Å²) in [5.41, 5.74) is 7.50. The molecule has 7 rings (SSSR count). The number of hydrogen-bond acceptors (Lipinski definition) is 5. The van der Waals surface area contributed by atoms with E-state index in [2.05, 4.69) is 36.5 Å². The molecule has 1 N–H and O–H groups in total. The molecule has 0 amide bonds. The summed E-state index contributed by atoms with van der Waals surface area (Å²) in [6.45, 7) is 0. The van der Waals surface area contributed by atoms with Gasteiger partial charge < -0.3 is 9.84 Å². The number of methoxy groups -OCH3 is 1. The average molecular weight is 497 g/mol. The number of nitrogens with zero attached hydrogens (tertiary/aromatic N) is 2. The van der Waals surface area contributed by atoms with Crippen molar-refractivity contribution in [2.75, 3.05) is 7.11 Å². The number of aryl methyl sites for hydroxylation is 1. The summed E-state index contributed by atoms with van der Waals surface area (Å²) < 4.78 is 5.76. The number of aliphatic imine (C=N–C) groups is 2. The van der Waals surface area contributed by atoms with Gasteiger partial charge in [-0.1, -0.05) is 66.3 Å². The molecule has 4 nitrogen and oxygen atoms in total. The summed E-state index contributed by atoms with van der Waals surface area (Å²) in [5, 5.41) is 10.6. The van der Waals surface area contributed by atoms with E-state index in [9.17, 15) is 5.11 Å². The Labute approximate surface area is 216 Å². The van der Waals surface area contributed by atoms with Crippen LogP contribution in [-0.4, -0.2) is 36.1 Å². The smallest absolute Gasteiger partial charge is 0.155 e. The first-order valence-electron chi connectivity index (χ1n) is 13.3. The Morgan fingerprint density at radius 1 is 0.944 bits per heavy atom. The lowest BCUT2D eigenvalue weighted by molar-refractivity contribution is 0.112. The molecule has 6 unspecified atom stereocenters. The van der Waals surface area contributed by atoms with E-state index in [4.69, 9.17) is 14.7 Å². The van der Waals surface area contributed by atoms with E-state index in [1.807, 2.05) is 35.6 Å². The predicted octanol–water partition coefficient (Wildman–Crippen LogP) is 6.11. The van der Waals surface area contributed by atoms with Gasteiger partial charge in [0.25, 0.3) is 0 Å². The Hall–Kier alpha value is -2.60. The molecule has 1 aliphatic heterocycles. The summed E-state index contributed by atoms with van der Waals surface area (Å²) in [7, 11) is 1.73. The second-order valence-corrected chi connectivity index (χ2v) is 11.8. The van der Waals surface area contributed by atoms with Crippen LogP contribution < -0.4 is 0 Å². The summed E-state index contributed by atoms with van der Waals surface area (Å²) in [5.74, 6) is 1.53. The van der Waals surface area contributed by atoms with Gasteiger partial charge in [-0.3, -0.25) is 0 Å². The van der Waals surface area contributed by atoms with Crippen LogP contribution in [0.15, 0.2) is 76.3 Å². The van der Waals surface area contributed by atoms with Crippen molar-refractivity contribution in [3.63, 3.8) is 0 Å². The van der Waals surface area contributed by atoms with Gasteiger partial charge in [0, 0.05) is 40.8 Å². The van der Waals surface area contributed by atoms with Crippen LogP contribution in [0.3, 0.4) is 0 Å². The number of ether oxygens (including phenoxy) is 1.